The quantitative estimate of drug-likeness (QED) is 0.797. The fraction of sp³-hybridized carbons (Fsp3) is 0.909. The fourth-order valence-corrected chi connectivity index (χ4v) is 1.36. The Hall–Kier alpha value is -0.820. The number of rotatable bonds is 6. The van der Waals surface area contributed by atoms with E-state index in [9.17, 15) is 23.1 Å². The lowest BCUT2D eigenvalue weighted by Crippen LogP contribution is -2.46. The summed E-state index contributed by atoms with van der Waals surface area (Å²) in [6, 6.07) is -0.218. The highest BCUT2D eigenvalue weighted by Crippen LogP contribution is 2.16. The van der Waals surface area contributed by atoms with Gasteiger partial charge in [-0.15, -0.1) is 0 Å². The molecule has 0 aromatic rings. The second-order valence-electron chi connectivity index (χ2n) is 4.50. The summed E-state index contributed by atoms with van der Waals surface area (Å²) < 4.78 is 40.4. The van der Waals surface area contributed by atoms with Crippen LogP contribution in [0.3, 0.4) is 0 Å². The number of aliphatic hydroxyl groups excluding tert-OH is 1. The van der Waals surface area contributed by atoms with Crippen LogP contribution in [0.1, 0.15) is 27.7 Å². The van der Waals surface area contributed by atoms with Crippen LogP contribution in [0.2, 0.25) is 0 Å². The van der Waals surface area contributed by atoms with E-state index in [1.807, 2.05) is 0 Å². The molecule has 18 heavy (non-hydrogen) atoms. The minimum Gasteiger partial charge on any atom is -0.392 e. The van der Waals surface area contributed by atoms with Gasteiger partial charge in [0.15, 0.2) is 0 Å². The summed E-state index contributed by atoms with van der Waals surface area (Å²) in [6.45, 7) is 4.82. The molecule has 0 heterocycles. The van der Waals surface area contributed by atoms with Gasteiger partial charge in [0.2, 0.25) is 0 Å². The first kappa shape index (κ1) is 17.2. The van der Waals surface area contributed by atoms with Gasteiger partial charge in [0.05, 0.1) is 6.10 Å². The lowest BCUT2D eigenvalue weighted by molar-refractivity contribution is -0.189. The molecule has 2 atom stereocenters. The van der Waals surface area contributed by atoms with Crippen LogP contribution in [0.15, 0.2) is 0 Å². The zero-order valence-corrected chi connectivity index (χ0v) is 11.0. The Labute approximate surface area is 105 Å². The number of amides is 1. The number of hydrogen-bond acceptors (Lipinski definition) is 3. The average Bonchev–Trinajstić information content (AvgIpc) is 2.19. The van der Waals surface area contributed by atoms with Gasteiger partial charge in [0, 0.05) is 12.6 Å². The molecule has 0 aliphatic carbocycles. The number of alkyl halides is 3. The predicted molar refractivity (Wildman–Crippen MR) is 60.0 cm³/mol. The molecule has 0 rings (SSSR count). The van der Waals surface area contributed by atoms with Crippen LogP contribution in [0.25, 0.3) is 0 Å². The van der Waals surface area contributed by atoms with Crippen LogP contribution in [-0.4, -0.2) is 53.5 Å². The van der Waals surface area contributed by atoms with Crippen molar-refractivity contribution in [2.24, 2.45) is 0 Å². The topological polar surface area (TPSA) is 49.8 Å². The maximum absolute atomic E-state index is 12.0. The molecule has 1 amide bonds. The van der Waals surface area contributed by atoms with Crippen molar-refractivity contribution < 1.29 is 27.8 Å². The third-order valence-corrected chi connectivity index (χ3v) is 2.21. The summed E-state index contributed by atoms with van der Waals surface area (Å²) in [7, 11) is 0. The van der Waals surface area contributed by atoms with E-state index < -0.39 is 30.9 Å². The van der Waals surface area contributed by atoms with E-state index in [0.29, 0.717) is 0 Å². The molecule has 1 N–H and O–H groups in total. The van der Waals surface area contributed by atoms with Gasteiger partial charge >= 0.3 is 6.18 Å². The molecule has 0 radical (unpaired) electrons. The number of ether oxygens (including phenoxy) is 1. The molecule has 2 unspecified atom stereocenters. The molecular weight excluding hydrogens is 251 g/mol. The Kier molecular flexibility index (Phi) is 6.62. The van der Waals surface area contributed by atoms with E-state index in [0.717, 1.165) is 0 Å². The molecule has 108 valence electrons. The van der Waals surface area contributed by atoms with Crippen LogP contribution in [0.4, 0.5) is 13.2 Å². The van der Waals surface area contributed by atoms with Crippen molar-refractivity contribution in [3.63, 3.8) is 0 Å². The highest BCUT2D eigenvalue weighted by Gasteiger charge is 2.31. The van der Waals surface area contributed by atoms with Gasteiger partial charge in [-0.1, -0.05) is 0 Å². The number of carbonyl (C=O) groups excluding carboxylic acids is 1. The van der Waals surface area contributed by atoms with Crippen molar-refractivity contribution in [2.45, 2.75) is 52.1 Å². The smallest absolute Gasteiger partial charge is 0.392 e. The molecule has 0 fully saturated rings. The molecule has 0 aromatic carbocycles. The monoisotopic (exact) mass is 271 g/mol. The summed E-state index contributed by atoms with van der Waals surface area (Å²) in [5, 5.41) is 9.25. The second kappa shape index (κ2) is 6.94. The first-order chi connectivity index (χ1) is 8.04. The van der Waals surface area contributed by atoms with E-state index in [1.165, 1.54) is 18.7 Å². The molecule has 4 nitrogen and oxygen atoms in total. The summed E-state index contributed by atoms with van der Waals surface area (Å²) in [6.07, 6.45) is -6.39. The average molecular weight is 271 g/mol. The van der Waals surface area contributed by atoms with Crippen LogP contribution in [0.5, 0.6) is 0 Å². The molecule has 0 saturated carbocycles. The molecule has 0 bridgehead atoms. The van der Waals surface area contributed by atoms with E-state index >= 15 is 0 Å². The molecule has 0 aliphatic heterocycles. The van der Waals surface area contributed by atoms with E-state index in [2.05, 4.69) is 4.74 Å². The third-order valence-electron chi connectivity index (χ3n) is 2.21. The van der Waals surface area contributed by atoms with E-state index in [1.54, 1.807) is 13.8 Å². The van der Waals surface area contributed by atoms with Gasteiger partial charge in [-0.05, 0) is 27.7 Å². The first-order valence-corrected chi connectivity index (χ1v) is 5.71. The lowest BCUT2D eigenvalue weighted by atomic mass is 10.2. The Morgan fingerprint density at radius 1 is 1.28 bits per heavy atom. The van der Waals surface area contributed by atoms with Gasteiger partial charge in [-0.25, -0.2) is 0 Å². The molecule has 0 spiro atoms. The van der Waals surface area contributed by atoms with Gasteiger partial charge in [-0.3, -0.25) is 4.79 Å². The van der Waals surface area contributed by atoms with Crippen molar-refractivity contribution in [1.82, 2.24) is 4.90 Å². The third kappa shape index (κ3) is 6.80. The first-order valence-electron chi connectivity index (χ1n) is 5.71. The van der Waals surface area contributed by atoms with Gasteiger partial charge < -0.3 is 14.7 Å². The second-order valence-corrected chi connectivity index (χ2v) is 4.50. The summed E-state index contributed by atoms with van der Waals surface area (Å²) in [5.41, 5.74) is 0. The van der Waals surface area contributed by atoms with Gasteiger partial charge in [-0.2, -0.15) is 13.2 Å². The van der Waals surface area contributed by atoms with Crippen molar-refractivity contribution in [3.05, 3.63) is 0 Å². The molecule has 0 saturated heterocycles. The number of halogens is 3. The largest absolute Gasteiger partial charge is 0.411 e. The number of aliphatic hydroxyl groups is 1. The summed E-state index contributed by atoms with van der Waals surface area (Å²) >= 11 is 0. The highest BCUT2D eigenvalue weighted by molar-refractivity contribution is 5.80. The zero-order valence-electron chi connectivity index (χ0n) is 11.0. The van der Waals surface area contributed by atoms with Crippen molar-refractivity contribution in [3.8, 4) is 0 Å². The van der Waals surface area contributed by atoms with Crippen LogP contribution in [-0.2, 0) is 9.53 Å². The van der Waals surface area contributed by atoms with E-state index in [-0.39, 0.29) is 12.6 Å². The number of nitrogens with zero attached hydrogens (tertiary/aromatic N) is 1. The maximum Gasteiger partial charge on any atom is 0.411 e. The lowest BCUT2D eigenvalue weighted by Gasteiger charge is -2.30. The van der Waals surface area contributed by atoms with Crippen LogP contribution in [0, 0.1) is 0 Å². The van der Waals surface area contributed by atoms with Crippen molar-refractivity contribution in [2.75, 3.05) is 13.2 Å². The summed E-state index contributed by atoms with van der Waals surface area (Å²) in [5.74, 6) is -0.560. The number of carbonyl (C=O) groups is 1. The SMILES string of the molecule is CC(O)CN(C(=O)C(C)OCC(F)(F)F)C(C)C. The number of hydrogen-bond donors (Lipinski definition) is 1. The Morgan fingerprint density at radius 2 is 1.78 bits per heavy atom. The Balaban J connectivity index is 4.48. The maximum atomic E-state index is 12.0. The molecular formula is C11H20F3NO3. The molecule has 7 heteroatoms. The van der Waals surface area contributed by atoms with E-state index in [4.69, 9.17) is 0 Å². The zero-order chi connectivity index (χ0) is 14.5. The Morgan fingerprint density at radius 3 is 2.11 bits per heavy atom. The standard InChI is InChI=1S/C11H20F3NO3/c1-7(2)15(5-8(3)16)10(17)9(4)18-6-11(12,13)14/h7-9,16H,5-6H2,1-4H3. The van der Waals surface area contributed by atoms with Gasteiger partial charge in [0.1, 0.15) is 12.7 Å². The minimum atomic E-state index is -4.46. The fourth-order valence-electron chi connectivity index (χ4n) is 1.36. The minimum absolute atomic E-state index is 0.0657. The Bertz CT molecular complexity index is 267. The van der Waals surface area contributed by atoms with Crippen molar-refractivity contribution >= 4 is 5.91 Å². The van der Waals surface area contributed by atoms with Gasteiger partial charge in [0.25, 0.3) is 5.91 Å². The van der Waals surface area contributed by atoms with Crippen LogP contribution < -0.4 is 0 Å². The molecule has 0 aliphatic rings. The van der Waals surface area contributed by atoms with Crippen LogP contribution >= 0.6 is 0 Å². The predicted octanol–water partition coefficient (Wildman–Crippen LogP) is 1.57. The van der Waals surface area contributed by atoms with Crippen molar-refractivity contribution in [1.29, 1.82) is 0 Å². The normalized spacial score (nSPS) is 15.6. The molecule has 0 aromatic heterocycles. The highest BCUT2D eigenvalue weighted by atomic mass is 19.4. The summed E-state index contributed by atoms with van der Waals surface area (Å²) in [4.78, 5) is 13.2.